The van der Waals surface area contributed by atoms with Gasteiger partial charge in [-0.15, -0.1) is 0 Å². The van der Waals surface area contributed by atoms with Crippen LogP contribution < -0.4 is 14.8 Å². The molecule has 1 heterocycles. The first kappa shape index (κ1) is 13.9. The van der Waals surface area contributed by atoms with Crippen molar-refractivity contribution >= 4 is 27.5 Å². The summed E-state index contributed by atoms with van der Waals surface area (Å²) in [4.78, 5) is 12.2. The van der Waals surface area contributed by atoms with Gasteiger partial charge in [0.15, 0.2) is 11.5 Å². The maximum atomic E-state index is 13.0. The van der Waals surface area contributed by atoms with E-state index in [-0.39, 0.29) is 11.7 Å². The maximum Gasteiger partial charge on any atom is 0.255 e. The van der Waals surface area contributed by atoms with Gasteiger partial charge in [-0.3, -0.25) is 4.79 Å². The Labute approximate surface area is 129 Å². The molecule has 0 saturated carbocycles. The molecule has 2 aromatic carbocycles. The van der Waals surface area contributed by atoms with Gasteiger partial charge in [-0.1, -0.05) is 0 Å². The molecule has 0 saturated heterocycles. The molecule has 1 aliphatic rings. The Kier molecular flexibility index (Phi) is 3.79. The summed E-state index contributed by atoms with van der Waals surface area (Å²) in [6, 6.07) is 9.05. The number of hydrogen-bond donors (Lipinski definition) is 1. The van der Waals surface area contributed by atoms with Crippen LogP contribution >= 0.6 is 15.9 Å². The molecule has 0 spiro atoms. The summed E-state index contributed by atoms with van der Waals surface area (Å²) < 4.78 is 24.3. The quantitative estimate of drug-likeness (QED) is 0.898. The number of anilines is 1. The fourth-order valence-corrected chi connectivity index (χ4v) is 2.42. The SMILES string of the molecule is O=C(Nc1ccc(F)cc1Br)c1ccc2c(c1)OCCO2. The molecule has 0 fully saturated rings. The van der Waals surface area contributed by atoms with E-state index in [1.165, 1.54) is 18.2 Å². The Balaban J connectivity index is 1.82. The molecule has 0 atom stereocenters. The molecule has 1 N–H and O–H groups in total. The van der Waals surface area contributed by atoms with Crippen molar-refractivity contribution < 1.29 is 18.7 Å². The third-order valence-corrected chi connectivity index (χ3v) is 3.64. The van der Waals surface area contributed by atoms with E-state index in [1.807, 2.05) is 0 Å². The van der Waals surface area contributed by atoms with Crippen LogP contribution in [0.5, 0.6) is 11.5 Å². The average Bonchev–Trinajstić information content (AvgIpc) is 2.49. The lowest BCUT2D eigenvalue weighted by Crippen LogP contribution is -2.17. The molecule has 4 nitrogen and oxygen atoms in total. The molecule has 6 heteroatoms. The predicted molar refractivity (Wildman–Crippen MR) is 79.5 cm³/mol. The van der Waals surface area contributed by atoms with Gasteiger partial charge >= 0.3 is 0 Å². The molecule has 21 heavy (non-hydrogen) atoms. The van der Waals surface area contributed by atoms with Crippen molar-refractivity contribution in [1.29, 1.82) is 0 Å². The third kappa shape index (κ3) is 3.00. The van der Waals surface area contributed by atoms with Crippen molar-refractivity contribution in [3.63, 3.8) is 0 Å². The predicted octanol–water partition coefficient (Wildman–Crippen LogP) is 3.61. The van der Waals surface area contributed by atoms with Gasteiger partial charge < -0.3 is 14.8 Å². The number of amides is 1. The van der Waals surface area contributed by atoms with E-state index >= 15 is 0 Å². The van der Waals surface area contributed by atoms with Crippen molar-refractivity contribution in [2.75, 3.05) is 18.5 Å². The molecule has 0 aromatic heterocycles. The molecular formula is C15H11BrFNO3. The van der Waals surface area contributed by atoms with Gasteiger partial charge in [-0.25, -0.2) is 4.39 Å². The first-order valence-corrected chi connectivity index (χ1v) is 7.09. The fourth-order valence-electron chi connectivity index (χ4n) is 1.97. The second-order valence-electron chi connectivity index (χ2n) is 4.44. The summed E-state index contributed by atoms with van der Waals surface area (Å²) >= 11 is 3.21. The van der Waals surface area contributed by atoms with Crippen LogP contribution in [0.3, 0.4) is 0 Å². The van der Waals surface area contributed by atoms with Crippen molar-refractivity contribution in [3.8, 4) is 11.5 Å². The number of benzene rings is 2. The van der Waals surface area contributed by atoms with Crippen LogP contribution in [0.4, 0.5) is 10.1 Å². The van der Waals surface area contributed by atoms with Crippen LogP contribution in [-0.2, 0) is 0 Å². The molecule has 108 valence electrons. The van der Waals surface area contributed by atoms with E-state index in [9.17, 15) is 9.18 Å². The number of carbonyl (C=O) groups is 1. The number of hydrogen-bond acceptors (Lipinski definition) is 3. The minimum absolute atomic E-state index is 0.306. The van der Waals surface area contributed by atoms with Gasteiger partial charge in [0.25, 0.3) is 5.91 Å². The topological polar surface area (TPSA) is 47.6 Å². The number of ether oxygens (including phenoxy) is 2. The largest absolute Gasteiger partial charge is 0.486 e. The molecule has 0 unspecified atom stereocenters. The molecule has 0 radical (unpaired) electrons. The summed E-state index contributed by atoms with van der Waals surface area (Å²) in [5, 5.41) is 2.71. The highest BCUT2D eigenvalue weighted by molar-refractivity contribution is 9.10. The molecule has 0 bridgehead atoms. The van der Waals surface area contributed by atoms with E-state index in [4.69, 9.17) is 9.47 Å². The molecule has 0 aliphatic carbocycles. The van der Waals surface area contributed by atoms with Gasteiger partial charge in [0.05, 0.1) is 5.69 Å². The summed E-state index contributed by atoms with van der Waals surface area (Å²) in [6.07, 6.45) is 0. The van der Waals surface area contributed by atoms with Gasteiger partial charge in [0, 0.05) is 10.0 Å². The Bertz CT molecular complexity index is 705. The first-order chi connectivity index (χ1) is 10.1. The van der Waals surface area contributed by atoms with Crippen molar-refractivity contribution in [1.82, 2.24) is 0 Å². The van der Waals surface area contributed by atoms with Crippen LogP contribution in [-0.4, -0.2) is 19.1 Å². The van der Waals surface area contributed by atoms with Crippen LogP contribution in [0.1, 0.15) is 10.4 Å². The summed E-state index contributed by atoms with van der Waals surface area (Å²) in [7, 11) is 0. The van der Waals surface area contributed by atoms with Crippen LogP contribution in [0.2, 0.25) is 0 Å². The Morgan fingerprint density at radius 2 is 1.86 bits per heavy atom. The van der Waals surface area contributed by atoms with Gasteiger partial charge in [-0.2, -0.15) is 0 Å². The van der Waals surface area contributed by atoms with Crippen molar-refractivity contribution in [2.45, 2.75) is 0 Å². The summed E-state index contributed by atoms with van der Waals surface area (Å²) in [5.41, 5.74) is 0.937. The number of halogens is 2. The minimum Gasteiger partial charge on any atom is -0.486 e. The minimum atomic E-state index is -0.376. The van der Waals surface area contributed by atoms with Gasteiger partial charge in [-0.05, 0) is 52.3 Å². The van der Waals surface area contributed by atoms with Gasteiger partial charge in [0.1, 0.15) is 19.0 Å². The monoisotopic (exact) mass is 351 g/mol. The molecule has 2 aromatic rings. The summed E-state index contributed by atoms with van der Waals surface area (Å²) in [6.45, 7) is 0.961. The zero-order valence-corrected chi connectivity index (χ0v) is 12.4. The van der Waals surface area contributed by atoms with Crippen molar-refractivity contribution in [2.24, 2.45) is 0 Å². The fraction of sp³-hybridized carbons (Fsp3) is 0.133. The zero-order valence-electron chi connectivity index (χ0n) is 10.9. The van der Waals surface area contributed by atoms with E-state index in [2.05, 4.69) is 21.2 Å². The Morgan fingerprint density at radius 3 is 2.62 bits per heavy atom. The number of carbonyl (C=O) groups excluding carboxylic acids is 1. The van der Waals surface area contributed by atoms with Gasteiger partial charge in [0.2, 0.25) is 0 Å². The van der Waals surface area contributed by atoms with E-state index < -0.39 is 0 Å². The lowest BCUT2D eigenvalue weighted by Gasteiger charge is -2.18. The molecule has 1 aliphatic heterocycles. The number of nitrogens with one attached hydrogen (secondary N) is 1. The Hall–Kier alpha value is -2.08. The lowest BCUT2D eigenvalue weighted by molar-refractivity contribution is 0.102. The van der Waals surface area contributed by atoms with Crippen LogP contribution in [0.25, 0.3) is 0 Å². The molecule has 1 amide bonds. The van der Waals surface area contributed by atoms with E-state index in [1.54, 1.807) is 18.2 Å². The highest BCUT2D eigenvalue weighted by Crippen LogP contribution is 2.31. The maximum absolute atomic E-state index is 13.0. The highest BCUT2D eigenvalue weighted by atomic mass is 79.9. The smallest absolute Gasteiger partial charge is 0.255 e. The second kappa shape index (κ2) is 5.73. The van der Waals surface area contributed by atoms with E-state index in [0.29, 0.717) is 40.4 Å². The lowest BCUT2D eigenvalue weighted by atomic mass is 10.1. The van der Waals surface area contributed by atoms with Crippen LogP contribution in [0, 0.1) is 5.82 Å². The van der Waals surface area contributed by atoms with Crippen molar-refractivity contribution in [3.05, 3.63) is 52.3 Å². The van der Waals surface area contributed by atoms with Crippen LogP contribution in [0.15, 0.2) is 40.9 Å². The highest BCUT2D eigenvalue weighted by Gasteiger charge is 2.15. The standard InChI is InChI=1S/C15H11BrFNO3/c16-11-8-10(17)2-3-12(11)18-15(19)9-1-4-13-14(7-9)21-6-5-20-13/h1-4,7-8H,5-6H2,(H,18,19). The molecular weight excluding hydrogens is 341 g/mol. The third-order valence-electron chi connectivity index (χ3n) is 2.98. The van der Waals surface area contributed by atoms with E-state index in [0.717, 1.165) is 0 Å². The first-order valence-electron chi connectivity index (χ1n) is 6.29. The second-order valence-corrected chi connectivity index (χ2v) is 5.29. The zero-order chi connectivity index (χ0) is 14.8. The summed E-state index contributed by atoms with van der Waals surface area (Å²) in [5.74, 6) is 0.492. The average molecular weight is 352 g/mol. The number of rotatable bonds is 2. The normalized spacial score (nSPS) is 12.9. The molecule has 3 rings (SSSR count). The Morgan fingerprint density at radius 1 is 1.10 bits per heavy atom. The number of fused-ring (bicyclic) bond motifs is 1.